The second-order valence-corrected chi connectivity index (χ2v) is 5.71. The van der Waals surface area contributed by atoms with E-state index < -0.39 is 0 Å². The Labute approximate surface area is 143 Å². The normalized spacial score (nSPS) is 13.5. The molecule has 0 spiro atoms. The summed E-state index contributed by atoms with van der Waals surface area (Å²) in [6.45, 7) is 2.69. The molecule has 2 aromatic carbocycles. The molecule has 24 heavy (non-hydrogen) atoms. The average molecular weight is 348 g/mol. The van der Waals surface area contributed by atoms with Crippen molar-refractivity contribution in [2.45, 2.75) is 6.92 Å². The fraction of sp³-hybridized carbons (Fsp3) is 0.167. The predicted molar refractivity (Wildman–Crippen MR) is 91.1 cm³/mol. The van der Waals surface area contributed by atoms with Gasteiger partial charge in [0.25, 0.3) is 0 Å². The Kier molecular flexibility index (Phi) is 4.71. The van der Waals surface area contributed by atoms with Gasteiger partial charge in [0, 0.05) is 18.2 Å². The van der Waals surface area contributed by atoms with Crippen molar-refractivity contribution in [2.24, 2.45) is 0 Å². The van der Waals surface area contributed by atoms with Gasteiger partial charge in [-0.15, -0.1) is 0 Å². The number of benzene rings is 2. The molecule has 4 nitrogen and oxygen atoms in total. The molecule has 0 radical (unpaired) electrons. The van der Waals surface area contributed by atoms with E-state index in [9.17, 15) is 9.18 Å². The molecule has 1 heterocycles. The zero-order chi connectivity index (χ0) is 17.1. The minimum atomic E-state index is -0.338. The van der Waals surface area contributed by atoms with Crippen molar-refractivity contribution in [3.8, 4) is 11.5 Å². The number of allylic oxidation sites excluding steroid dienone is 1. The van der Waals surface area contributed by atoms with Gasteiger partial charge >= 0.3 is 0 Å². The minimum absolute atomic E-state index is 0.320. The first-order valence-corrected chi connectivity index (χ1v) is 7.75. The van der Waals surface area contributed by atoms with Crippen LogP contribution < -0.4 is 14.8 Å². The number of hydrogen-bond donors (Lipinski definition) is 1. The van der Waals surface area contributed by atoms with E-state index in [4.69, 9.17) is 21.1 Å². The van der Waals surface area contributed by atoms with E-state index >= 15 is 0 Å². The first-order valence-electron chi connectivity index (χ1n) is 7.37. The van der Waals surface area contributed by atoms with Crippen LogP contribution in [0.25, 0.3) is 5.57 Å². The minimum Gasteiger partial charge on any atom is -0.486 e. The molecule has 0 atom stereocenters. The van der Waals surface area contributed by atoms with Crippen LogP contribution in [0.4, 0.5) is 10.1 Å². The topological polar surface area (TPSA) is 47.6 Å². The number of nitrogens with one attached hydrogen (secondary N) is 1. The van der Waals surface area contributed by atoms with E-state index in [1.165, 1.54) is 18.2 Å². The summed E-state index contributed by atoms with van der Waals surface area (Å²) in [5, 5.41) is 3.08. The second-order valence-electron chi connectivity index (χ2n) is 5.30. The zero-order valence-electron chi connectivity index (χ0n) is 12.9. The van der Waals surface area contributed by atoms with Gasteiger partial charge in [-0.1, -0.05) is 23.7 Å². The Morgan fingerprint density at radius 2 is 1.79 bits per heavy atom. The van der Waals surface area contributed by atoms with E-state index in [0.29, 0.717) is 41.0 Å². The highest BCUT2D eigenvalue weighted by atomic mass is 35.5. The van der Waals surface area contributed by atoms with Gasteiger partial charge in [-0.25, -0.2) is 4.39 Å². The van der Waals surface area contributed by atoms with E-state index in [2.05, 4.69) is 5.32 Å². The molecule has 6 heteroatoms. The van der Waals surface area contributed by atoms with Crippen LogP contribution in [-0.2, 0) is 4.79 Å². The van der Waals surface area contributed by atoms with Crippen LogP contribution in [0.15, 0.2) is 42.5 Å². The Morgan fingerprint density at radius 1 is 1.17 bits per heavy atom. The first kappa shape index (κ1) is 16.3. The molecular weight excluding hydrogens is 333 g/mol. The van der Waals surface area contributed by atoms with Crippen molar-refractivity contribution < 1.29 is 18.7 Å². The van der Waals surface area contributed by atoms with Gasteiger partial charge in [-0.3, -0.25) is 4.79 Å². The Morgan fingerprint density at radius 3 is 2.46 bits per heavy atom. The van der Waals surface area contributed by atoms with Crippen molar-refractivity contribution in [3.05, 3.63) is 58.9 Å². The van der Waals surface area contributed by atoms with Crippen molar-refractivity contribution in [2.75, 3.05) is 18.5 Å². The molecule has 1 aliphatic rings. The molecule has 0 saturated carbocycles. The summed E-state index contributed by atoms with van der Waals surface area (Å²) >= 11 is 6.16. The molecule has 3 rings (SSSR count). The van der Waals surface area contributed by atoms with Crippen LogP contribution in [0.2, 0.25) is 5.02 Å². The number of hydrogen-bond acceptors (Lipinski definition) is 3. The quantitative estimate of drug-likeness (QED) is 0.842. The lowest BCUT2D eigenvalue weighted by atomic mass is 10.1. The molecule has 0 bridgehead atoms. The van der Waals surface area contributed by atoms with Crippen LogP contribution >= 0.6 is 11.6 Å². The molecule has 0 fully saturated rings. The van der Waals surface area contributed by atoms with E-state index in [1.807, 2.05) is 0 Å². The third kappa shape index (κ3) is 3.68. The average Bonchev–Trinajstić information content (AvgIpc) is 2.56. The highest BCUT2D eigenvalue weighted by Gasteiger charge is 2.16. The second kappa shape index (κ2) is 6.93. The number of carbonyl (C=O) groups excluding carboxylic acids is 1. The van der Waals surface area contributed by atoms with Gasteiger partial charge in [0.15, 0.2) is 11.5 Å². The van der Waals surface area contributed by atoms with Gasteiger partial charge in [-0.2, -0.15) is 0 Å². The van der Waals surface area contributed by atoms with Crippen LogP contribution in [0.1, 0.15) is 12.5 Å². The largest absolute Gasteiger partial charge is 0.486 e. The number of rotatable bonds is 3. The van der Waals surface area contributed by atoms with Gasteiger partial charge < -0.3 is 14.8 Å². The molecule has 124 valence electrons. The standard InChI is InChI=1S/C18H15ClFNO3/c1-11(12-2-4-13(20)5-3-12)8-18(22)21-15-10-17-16(9-14(15)19)23-6-7-24-17/h2-5,8-10H,6-7H2,1H3,(H,21,22)/b11-8-. The molecule has 0 aromatic heterocycles. The number of amides is 1. The molecule has 0 aliphatic carbocycles. The summed E-state index contributed by atoms with van der Waals surface area (Å²) in [7, 11) is 0. The maximum Gasteiger partial charge on any atom is 0.248 e. The lowest BCUT2D eigenvalue weighted by Gasteiger charge is -2.19. The van der Waals surface area contributed by atoms with Crippen molar-refractivity contribution >= 4 is 28.8 Å². The predicted octanol–water partition coefficient (Wildman–Crippen LogP) is 4.29. The fourth-order valence-corrected chi connectivity index (χ4v) is 2.52. The molecule has 1 aliphatic heterocycles. The number of carbonyl (C=O) groups is 1. The van der Waals surface area contributed by atoms with Crippen molar-refractivity contribution in [1.82, 2.24) is 0 Å². The molecule has 0 unspecified atom stereocenters. The number of fused-ring (bicyclic) bond motifs is 1. The van der Waals surface area contributed by atoms with Crippen molar-refractivity contribution in [3.63, 3.8) is 0 Å². The maximum absolute atomic E-state index is 12.9. The maximum atomic E-state index is 12.9. The Hall–Kier alpha value is -2.53. The number of ether oxygens (including phenoxy) is 2. The van der Waals surface area contributed by atoms with Gasteiger partial charge in [0.1, 0.15) is 19.0 Å². The molecule has 0 saturated heterocycles. The molecule has 1 amide bonds. The third-order valence-electron chi connectivity index (χ3n) is 3.54. The summed E-state index contributed by atoms with van der Waals surface area (Å²) in [4.78, 5) is 12.2. The highest BCUT2D eigenvalue weighted by molar-refractivity contribution is 6.34. The van der Waals surface area contributed by atoms with Crippen LogP contribution in [0.3, 0.4) is 0 Å². The lowest BCUT2D eigenvalue weighted by molar-refractivity contribution is -0.111. The SMILES string of the molecule is C/C(=C/C(=O)Nc1cc2c(cc1Cl)OCCO2)c1ccc(F)cc1. The van der Waals surface area contributed by atoms with Crippen LogP contribution in [-0.4, -0.2) is 19.1 Å². The zero-order valence-corrected chi connectivity index (χ0v) is 13.7. The highest BCUT2D eigenvalue weighted by Crippen LogP contribution is 2.38. The van der Waals surface area contributed by atoms with Crippen LogP contribution in [0.5, 0.6) is 11.5 Å². The summed E-state index contributed by atoms with van der Waals surface area (Å²) in [5.41, 5.74) is 1.91. The first-order chi connectivity index (χ1) is 11.5. The summed E-state index contributed by atoms with van der Waals surface area (Å²) in [6, 6.07) is 9.18. The third-order valence-corrected chi connectivity index (χ3v) is 3.85. The Bertz CT molecular complexity index is 803. The van der Waals surface area contributed by atoms with E-state index in [1.54, 1.807) is 31.2 Å². The monoisotopic (exact) mass is 347 g/mol. The summed E-state index contributed by atoms with van der Waals surface area (Å²) in [5.74, 6) is 0.442. The number of anilines is 1. The van der Waals surface area contributed by atoms with Crippen molar-refractivity contribution in [1.29, 1.82) is 0 Å². The Balaban J connectivity index is 1.77. The number of halogens is 2. The van der Waals surface area contributed by atoms with Gasteiger partial charge in [0.2, 0.25) is 5.91 Å². The van der Waals surface area contributed by atoms with E-state index in [0.717, 1.165) is 5.56 Å². The van der Waals surface area contributed by atoms with Crippen LogP contribution in [0, 0.1) is 5.82 Å². The van der Waals surface area contributed by atoms with E-state index in [-0.39, 0.29) is 11.7 Å². The smallest absolute Gasteiger partial charge is 0.248 e. The molecule has 2 aromatic rings. The fourth-order valence-electron chi connectivity index (χ4n) is 2.32. The molecule has 1 N–H and O–H groups in total. The summed E-state index contributed by atoms with van der Waals surface area (Å²) in [6.07, 6.45) is 1.43. The molecular formula is C18H15ClFNO3. The lowest BCUT2D eigenvalue weighted by Crippen LogP contribution is -2.16. The van der Waals surface area contributed by atoms with Gasteiger partial charge in [-0.05, 0) is 30.2 Å². The van der Waals surface area contributed by atoms with Gasteiger partial charge in [0.05, 0.1) is 10.7 Å². The summed E-state index contributed by atoms with van der Waals surface area (Å²) < 4.78 is 23.9.